The summed E-state index contributed by atoms with van der Waals surface area (Å²) in [5.41, 5.74) is 6.70. The van der Waals surface area contributed by atoms with Crippen LogP contribution >= 0.6 is 15.9 Å². The van der Waals surface area contributed by atoms with Gasteiger partial charge in [-0.1, -0.05) is 28.1 Å². The summed E-state index contributed by atoms with van der Waals surface area (Å²) in [7, 11) is 1.87. The number of nitrogens with zero attached hydrogens (tertiary/aromatic N) is 1. The van der Waals surface area contributed by atoms with Crippen molar-refractivity contribution in [1.82, 2.24) is 4.90 Å². The molecule has 0 radical (unpaired) electrons. The molecule has 1 aliphatic rings. The molecule has 1 aromatic carbocycles. The Morgan fingerprint density at radius 1 is 1.33 bits per heavy atom. The van der Waals surface area contributed by atoms with Gasteiger partial charge >= 0.3 is 0 Å². The molecule has 1 aliphatic heterocycles. The van der Waals surface area contributed by atoms with Gasteiger partial charge in [-0.05, 0) is 37.0 Å². The fraction of sp³-hybridized carbons (Fsp3) is 0.562. The molecule has 0 bridgehead atoms. The number of carbonyl (C=O) groups is 1. The first kappa shape index (κ1) is 16.5. The minimum absolute atomic E-state index is 0.158. The Morgan fingerprint density at radius 2 is 1.95 bits per heavy atom. The first-order valence-electron chi connectivity index (χ1n) is 7.35. The summed E-state index contributed by atoms with van der Waals surface area (Å²) in [6.07, 6.45) is 2.31. The van der Waals surface area contributed by atoms with E-state index in [1.54, 1.807) is 0 Å². The fourth-order valence-corrected chi connectivity index (χ4v) is 2.99. The molecule has 1 fully saturated rings. The molecule has 1 heterocycles. The van der Waals surface area contributed by atoms with E-state index in [-0.39, 0.29) is 5.91 Å². The van der Waals surface area contributed by atoms with Gasteiger partial charge in [0.1, 0.15) is 0 Å². The average molecular weight is 355 g/mol. The predicted molar refractivity (Wildman–Crippen MR) is 87.0 cm³/mol. The van der Waals surface area contributed by atoms with Crippen molar-refractivity contribution in [3.63, 3.8) is 0 Å². The van der Waals surface area contributed by atoms with Crippen LogP contribution in [0.15, 0.2) is 28.7 Å². The van der Waals surface area contributed by atoms with Crippen molar-refractivity contribution in [3.8, 4) is 0 Å². The van der Waals surface area contributed by atoms with E-state index in [1.165, 1.54) is 5.56 Å². The lowest BCUT2D eigenvalue weighted by molar-refractivity contribution is -0.145. The van der Waals surface area contributed by atoms with Crippen LogP contribution in [0.2, 0.25) is 0 Å². The van der Waals surface area contributed by atoms with Gasteiger partial charge in [0.25, 0.3) is 0 Å². The largest absolute Gasteiger partial charge is 0.381 e. The van der Waals surface area contributed by atoms with Crippen molar-refractivity contribution >= 4 is 21.8 Å². The third kappa shape index (κ3) is 4.05. The molecule has 4 nitrogen and oxygen atoms in total. The molecule has 1 amide bonds. The van der Waals surface area contributed by atoms with E-state index in [9.17, 15) is 4.79 Å². The molecule has 0 saturated carbocycles. The summed E-state index contributed by atoms with van der Waals surface area (Å²) < 4.78 is 6.44. The Bertz CT molecular complexity index is 470. The average Bonchev–Trinajstić information content (AvgIpc) is 2.54. The van der Waals surface area contributed by atoms with Crippen LogP contribution in [0, 0.1) is 5.41 Å². The summed E-state index contributed by atoms with van der Waals surface area (Å²) in [5, 5.41) is 0. The second kappa shape index (κ2) is 7.38. The van der Waals surface area contributed by atoms with Gasteiger partial charge in [-0.25, -0.2) is 0 Å². The second-order valence-corrected chi connectivity index (χ2v) is 6.62. The molecule has 2 rings (SSSR count). The molecule has 1 saturated heterocycles. The molecule has 0 atom stereocenters. The number of rotatable bonds is 5. The van der Waals surface area contributed by atoms with E-state index >= 15 is 0 Å². The minimum atomic E-state index is -0.424. The van der Waals surface area contributed by atoms with E-state index in [0.717, 1.165) is 23.7 Å². The maximum atomic E-state index is 12.7. The van der Waals surface area contributed by atoms with Crippen LogP contribution in [0.3, 0.4) is 0 Å². The number of carbonyl (C=O) groups excluding carboxylic acids is 1. The van der Waals surface area contributed by atoms with Crippen LogP contribution < -0.4 is 5.73 Å². The standard InChI is InChI=1S/C16H23BrN2O2/c1-19(9-6-13-2-4-14(17)5-3-13)15(20)16(12-18)7-10-21-11-8-16/h2-5H,6-12,18H2,1H3. The fourth-order valence-electron chi connectivity index (χ4n) is 2.72. The van der Waals surface area contributed by atoms with Gasteiger partial charge in [0, 0.05) is 37.8 Å². The van der Waals surface area contributed by atoms with Crippen LogP contribution in [-0.4, -0.2) is 44.2 Å². The first-order valence-corrected chi connectivity index (χ1v) is 8.14. The maximum absolute atomic E-state index is 12.7. The molecule has 116 valence electrons. The van der Waals surface area contributed by atoms with E-state index in [4.69, 9.17) is 10.5 Å². The number of likely N-dealkylation sites (N-methyl/N-ethyl adjacent to an activating group) is 1. The monoisotopic (exact) mass is 354 g/mol. The second-order valence-electron chi connectivity index (χ2n) is 5.70. The van der Waals surface area contributed by atoms with Gasteiger partial charge in [-0.15, -0.1) is 0 Å². The Hall–Kier alpha value is -0.910. The number of benzene rings is 1. The number of ether oxygens (including phenoxy) is 1. The normalized spacial score (nSPS) is 17.5. The molecule has 21 heavy (non-hydrogen) atoms. The van der Waals surface area contributed by atoms with Crippen molar-refractivity contribution in [2.24, 2.45) is 11.1 Å². The highest BCUT2D eigenvalue weighted by molar-refractivity contribution is 9.10. The van der Waals surface area contributed by atoms with E-state index in [0.29, 0.717) is 26.3 Å². The summed E-state index contributed by atoms with van der Waals surface area (Å²) in [6, 6.07) is 8.21. The number of hydrogen-bond donors (Lipinski definition) is 1. The van der Waals surface area contributed by atoms with Gasteiger partial charge in [-0.3, -0.25) is 4.79 Å². The molecular weight excluding hydrogens is 332 g/mol. The Labute approximate surface area is 134 Å². The van der Waals surface area contributed by atoms with Gasteiger partial charge in [0.05, 0.1) is 5.41 Å². The minimum Gasteiger partial charge on any atom is -0.381 e. The summed E-state index contributed by atoms with van der Waals surface area (Å²) in [4.78, 5) is 14.5. The molecule has 0 unspecified atom stereocenters. The van der Waals surface area contributed by atoms with Crippen molar-refractivity contribution in [2.75, 3.05) is 33.4 Å². The summed E-state index contributed by atoms with van der Waals surface area (Å²) >= 11 is 3.43. The molecular formula is C16H23BrN2O2. The van der Waals surface area contributed by atoms with Crippen LogP contribution in [0.4, 0.5) is 0 Å². The number of amides is 1. The third-order valence-corrected chi connectivity index (χ3v) is 4.82. The van der Waals surface area contributed by atoms with Gasteiger partial charge in [0.15, 0.2) is 0 Å². The van der Waals surface area contributed by atoms with E-state index in [2.05, 4.69) is 28.1 Å². The molecule has 2 N–H and O–H groups in total. The van der Waals surface area contributed by atoms with E-state index in [1.807, 2.05) is 24.1 Å². The van der Waals surface area contributed by atoms with Gasteiger partial charge in [-0.2, -0.15) is 0 Å². The number of nitrogens with two attached hydrogens (primary N) is 1. The summed E-state index contributed by atoms with van der Waals surface area (Å²) in [5.74, 6) is 0.158. The van der Waals surface area contributed by atoms with Crippen molar-refractivity contribution in [2.45, 2.75) is 19.3 Å². The van der Waals surface area contributed by atoms with Crippen molar-refractivity contribution in [3.05, 3.63) is 34.3 Å². The number of hydrogen-bond acceptors (Lipinski definition) is 3. The number of halogens is 1. The molecule has 0 aliphatic carbocycles. The quantitative estimate of drug-likeness (QED) is 0.881. The Morgan fingerprint density at radius 3 is 2.52 bits per heavy atom. The van der Waals surface area contributed by atoms with Gasteiger partial charge < -0.3 is 15.4 Å². The van der Waals surface area contributed by atoms with Crippen LogP contribution in [0.5, 0.6) is 0 Å². The summed E-state index contributed by atoms with van der Waals surface area (Å²) in [6.45, 7) is 2.37. The van der Waals surface area contributed by atoms with E-state index < -0.39 is 5.41 Å². The van der Waals surface area contributed by atoms with Crippen molar-refractivity contribution < 1.29 is 9.53 Å². The zero-order valence-electron chi connectivity index (χ0n) is 12.5. The first-order chi connectivity index (χ1) is 10.1. The SMILES string of the molecule is CN(CCc1ccc(Br)cc1)C(=O)C1(CN)CCOCC1. The lowest BCUT2D eigenvalue weighted by Crippen LogP contribution is -2.50. The predicted octanol–water partition coefficient (Wildman–Crippen LogP) is 2.21. The Balaban J connectivity index is 1.93. The molecule has 0 aromatic heterocycles. The third-order valence-electron chi connectivity index (χ3n) is 4.29. The highest BCUT2D eigenvalue weighted by atomic mass is 79.9. The molecule has 1 aromatic rings. The zero-order valence-corrected chi connectivity index (χ0v) is 14.1. The molecule has 5 heteroatoms. The molecule has 0 spiro atoms. The van der Waals surface area contributed by atoms with Gasteiger partial charge in [0.2, 0.25) is 5.91 Å². The highest BCUT2D eigenvalue weighted by Crippen LogP contribution is 2.31. The lowest BCUT2D eigenvalue weighted by Gasteiger charge is -2.37. The smallest absolute Gasteiger partial charge is 0.229 e. The van der Waals surface area contributed by atoms with Crippen LogP contribution in [0.25, 0.3) is 0 Å². The zero-order chi connectivity index (χ0) is 15.3. The van der Waals surface area contributed by atoms with Crippen molar-refractivity contribution in [1.29, 1.82) is 0 Å². The maximum Gasteiger partial charge on any atom is 0.229 e. The lowest BCUT2D eigenvalue weighted by atomic mass is 9.79. The van der Waals surface area contributed by atoms with Crippen LogP contribution in [-0.2, 0) is 16.0 Å². The topological polar surface area (TPSA) is 55.6 Å². The highest BCUT2D eigenvalue weighted by Gasteiger charge is 2.40. The van der Waals surface area contributed by atoms with Crippen LogP contribution in [0.1, 0.15) is 18.4 Å². The Kier molecular flexibility index (Phi) is 5.79.